The van der Waals surface area contributed by atoms with Crippen molar-refractivity contribution in [3.63, 3.8) is 0 Å². The van der Waals surface area contributed by atoms with Crippen LogP contribution in [0.1, 0.15) is 33.5 Å². The monoisotopic (exact) mass is 419 g/mol. The highest BCUT2D eigenvalue weighted by atomic mass is 19.1. The van der Waals surface area contributed by atoms with E-state index in [0.717, 1.165) is 11.1 Å². The fourth-order valence-corrected chi connectivity index (χ4v) is 3.71. The molecule has 5 rings (SSSR count). The van der Waals surface area contributed by atoms with Crippen LogP contribution >= 0.6 is 0 Å². The number of hydrogen-bond acceptors (Lipinski definition) is 6. The summed E-state index contributed by atoms with van der Waals surface area (Å²) in [5.41, 5.74) is 1.89. The summed E-state index contributed by atoms with van der Waals surface area (Å²) < 4.78 is 20.3. The lowest BCUT2D eigenvalue weighted by Gasteiger charge is -2.31. The van der Waals surface area contributed by atoms with Crippen molar-refractivity contribution in [2.75, 3.05) is 13.6 Å². The molecular weight excluding hydrogens is 401 g/mol. The van der Waals surface area contributed by atoms with Gasteiger partial charge in [-0.15, -0.1) is 10.2 Å². The second-order valence-electron chi connectivity index (χ2n) is 7.41. The smallest absolute Gasteiger partial charge is 0.275 e. The standard InChI is InChI=1S/C22H18FN5O3/c1-27-12-16(14-5-3-2-4-6-14)28-19(22(27)30)20(29)18(26-28)21-25-24-17(31-21)11-13-7-9-15(23)10-8-13/h2-10,16,29H,11-12H2,1H3. The lowest BCUT2D eigenvalue weighted by atomic mass is 10.0. The highest BCUT2D eigenvalue weighted by molar-refractivity contribution is 5.97. The van der Waals surface area contributed by atoms with Crippen LogP contribution in [0, 0.1) is 5.82 Å². The number of likely N-dealkylation sites (N-methyl/N-ethyl adjacent to an activating group) is 1. The molecule has 0 bridgehead atoms. The second-order valence-corrected chi connectivity index (χ2v) is 7.41. The lowest BCUT2D eigenvalue weighted by molar-refractivity contribution is 0.0720. The molecule has 0 spiro atoms. The van der Waals surface area contributed by atoms with E-state index < -0.39 is 0 Å². The predicted octanol–water partition coefficient (Wildman–Crippen LogP) is 3.04. The van der Waals surface area contributed by atoms with Gasteiger partial charge in [0.05, 0.1) is 12.5 Å². The summed E-state index contributed by atoms with van der Waals surface area (Å²) in [7, 11) is 1.68. The summed E-state index contributed by atoms with van der Waals surface area (Å²) >= 11 is 0. The number of nitrogens with zero attached hydrogens (tertiary/aromatic N) is 5. The van der Waals surface area contributed by atoms with Crippen LogP contribution in [0.3, 0.4) is 0 Å². The number of aromatic nitrogens is 4. The number of benzene rings is 2. The van der Waals surface area contributed by atoms with Crippen molar-refractivity contribution in [3.05, 3.63) is 83.1 Å². The maximum atomic E-state index is 13.1. The van der Waals surface area contributed by atoms with Crippen molar-refractivity contribution >= 4 is 5.91 Å². The molecule has 1 aliphatic heterocycles. The Kier molecular flexibility index (Phi) is 4.50. The summed E-state index contributed by atoms with van der Waals surface area (Å²) in [6.07, 6.45) is 0.302. The predicted molar refractivity (Wildman–Crippen MR) is 108 cm³/mol. The molecule has 1 atom stereocenters. The molecule has 8 nitrogen and oxygen atoms in total. The number of carbonyl (C=O) groups is 1. The highest BCUT2D eigenvalue weighted by Crippen LogP contribution is 2.37. The Morgan fingerprint density at radius 1 is 1.13 bits per heavy atom. The van der Waals surface area contributed by atoms with Crippen LogP contribution in [0.2, 0.25) is 0 Å². The number of carbonyl (C=O) groups excluding carboxylic acids is 1. The van der Waals surface area contributed by atoms with E-state index in [4.69, 9.17) is 4.42 Å². The van der Waals surface area contributed by atoms with Crippen LogP contribution in [0.5, 0.6) is 5.75 Å². The van der Waals surface area contributed by atoms with Gasteiger partial charge < -0.3 is 14.4 Å². The van der Waals surface area contributed by atoms with E-state index in [1.807, 2.05) is 30.3 Å². The molecule has 1 aliphatic rings. The summed E-state index contributed by atoms with van der Waals surface area (Å²) in [5.74, 6) is -0.663. The Bertz CT molecular complexity index is 1250. The van der Waals surface area contributed by atoms with Crippen LogP contribution in [-0.4, -0.2) is 49.5 Å². The van der Waals surface area contributed by atoms with E-state index in [1.54, 1.807) is 24.1 Å². The van der Waals surface area contributed by atoms with Crippen LogP contribution < -0.4 is 0 Å². The summed E-state index contributed by atoms with van der Waals surface area (Å²) in [5, 5.41) is 23.3. The van der Waals surface area contributed by atoms with E-state index in [-0.39, 0.29) is 46.7 Å². The molecule has 1 amide bonds. The molecule has 1 N–H and O–H groups in total. The van der Waals surface area contributed by atoms with Gasteiger partial charge in [0.15, 0.2) is 17.1 Å². The second kappa shape index (κ2) is 7.35. The minimum absolute atomic E-state index is 0.0128. The first kappa shape index (κ1) is 19.0. The zero-order chi connectivity index (χ0) is 21.5. The van der Waals surface area contributed by atoms with E-state index in [9.17, 15) is 14.3 Å². The Hall–Kier alpha value is -4.01. The van der Waals surface area contributed by atoms with Crippen LogP contribution in [0.4, 0.5) is 4.39 Å². The minimum atomic E-state index is -0.338. The third kappa shape index (κ3) is 3.33. The molecule has 0 saturated heterocycles. The van der Waals surface area contributed by atoms with Crippen LogP contribution in [0.25, 0.3) is 11.6 Å². The number of fused-ring (bicyclic) bond motifs is 1. The molecular formula is C22H18FN5O3. The molecule has 9 heteroatoms. The quantitative estimate of drug-likeness (QED) is 0.546. The molecule has 0 radical (unpaired) electrons. The van der Waals surface area contributed by atoms with Crippen molar-refractivity contribution in [1.82, 2.24) is 24.9 Å². The lowest BCUT2D eigenvalue weighted by Crippen LogP contribution is -2.41. The number of rotatable bonds is 4. The maximum Gasteiger partial charge on any atom is 0.275 e. The molecule has 2 aromatic heterocycles. The third-order valence-corrected chi connectivity index (χ3v) is 5.30. The SMILES string of the molecule is CN1CC(c2ccccc2)n2nc(-c3nnc(Cc4ccc(F)cc4)o3)c(O)c2C1=O. The zero-order valence-corrected chi connectivity index (χ0v) is 16.6. The van der Waals surface area contributed by atoms with Crippen molar-refractivity contribution in [3.8, 4) is 17.3 Å². The topological polar surface area (TPSA) is 97.3 Å². The molecule has 31 heavy (non-hydrogen) atoms. The average molecular weight is 419 g/mol. The number of aromatic hydroxyl groups is 1. The molecule has 156 valence electrons. The summed E-state index contributed by atoms with van der Waals surface area (Å²) in [6, 6.07) is 15.3. The van der Waals surface area contributed by atoms with Crippen molar-refractivity contribution in [2.24, 2.45) is 0 Å². The fraction of sp³-hybridized carbons (Fsp3) is 0.182. The van der Waals surface area contributed by atoms with E-state index in [2.05, 4.69) is 15.3 Å². The van der Waals surface area contributed by atoms with Gasteiger partial charge >= 0.3 is 0 Å². The maximum absolute atomic E-state index is 13.1. The van der Waals surface area contributed by atoms with Gasteiger partial charge in [0.25, 0.3) is 11.8 Å². The molecule has 1 unspecified atom stereocenters. The Morgan fingerprint density at radius 3 is 2.61 bits per heavy atom. The van der Waals surface area contributed by atoms with Crippen molar-refractivity contribution < 1.29 is 18.7 Å². The van der Waals surface area contributed by atoms with Gasteiger partial charge in [-0.05, 0) is 23.3 Å². The van der Waals surface area contributed by atoms with E-state index >= 15 is 0 Å². The first-order chi connectivity index (χ1) is 15.0. The highest BCUT2D eigenvalue weighted by Gasteiger charge is 2.37. The Labute approximate surface area is 176 Å². The van der Waals surface area contributed by atoms with Gasteiger partial charge in [0.2, 0.25) is 5.89 Å². The molecule has 2 aromatic carbocycles. The van der Waals surface area contributed by atoms with Gasteiger partial charge in [-0.2, -0.15) is 5.10 Å². The first-order valence-corrected chi connectivity index (χ1v) is 9.70. The van der Waals surface area contributed by atoms with Crippen molar-refractivity contribution in [2.45, 2.75) is 12.5 Å². The molecule has 0 fully saturated rings. The van der Waals surface area contributed by atoms with Gasteiger partial charge in [-0.25, -0.2) is 9.07 Å². The zero-order valence-electron chi connectivity index (χ0n) is 16.6. The van der Waals surface area contributed by atoms with Crippen molar-refractivity contribution in [1.29, 1.82) is 0 Å². The summed E-state index contributed by atoms with van der Waals surface area (Å²) in [4.78, 5) is 14.3. The third-order valence-electron chi connectivity index (χ3n) is 5.30. The Morgan fingerprint density at radius 2 is 1.87 bits per heavy atom. The van der Waals surface area contributed by atoms with Crippen LogP contribution in [-0.2, 0) is 6.42 Å². The number of hydrogen-bond donors (Lipinski definition) is 1. The molecule has 0 saturated carbocycles. The van der Waals surface area contributed by atoms with E-state index in [1.165, 1.54) is 16.8 Å². The van der Waals surface area contributed by atoms with Gasteiger partial charge in [0.1, 0.15) is 5.82 Å². The number of amides is 1. The van der Waals surface area contributed by atoms with Crippen LogP contribution in [0.15, 0.2) is 59.0 Å². The van der Waals surface area contributed by atoms with E-state index in [0.29, 0.717) is 13.0 Å². The van der Waals surface area contributed by atoms with Gasteiger partial charge in [0, 0.05) is 13.6 Å². The van der Waals surface area contributed by atoms with Gasteiger partial charge in [-0.1, -0.05) is 42.5 Å². The molecule has 3 heterocycles. The van der Waals surface area contributed by atoms with Gasteiger partial charge in [-0.3, -0.25) is 4.79 Å². The largest absolute Gasteiger partial charge is 0.504 e. The fourth-order valence-electron chi connectivity index (χ4n) is 3.71. The Balaban J connectivity index is 1.52. The molecule has 4 aromatic rings. The molecule has 0 aliphatic carbocycles. The minimum Gasteiger partial charge on any atom is -0.504 e. The normalized spacial score (nSPS) is 15.9. The summed E-state index contributed by atoms with van der Waals surface area (Å²) in [6.45, 7) is 0.413. The first-order valence-electron chi connectivity index (χ1n) is 9.70. The number of halogens is 1. The average Bonchev–Trinajstić information content (AvgIpc) is 3.37.